The number of Topliss-reactive ketones (excluding diaryl/α,β-unsaturated/α-hetero) is 1. The summed E-state index contributed by atoms with van der Waals surface area (Å²) < 4.78 is 25.6. The van der Waals surface area contributed by atoms with E-state index in [4.69, 9.17) is 0 Å². The second kappa shape index (κ2) is 6.93. The number of fused-ring (bicyclic) bond motifs is 1. The number of carbonyl (C=O) groups excluding carboxylic acids is 1. The molecule has 0 atom stereocenters. The van der Waals surface area contributed by atoms with Crippen molar-refractivity contribution in [1.82, 2.24) is 4.98 Å². The molecule has 5 nitrogen and oxygen atoms in total. The summed E-state index contributed by atoms with van der Waals surface area (Å²) in [5.41, 5.74) is 3.72. The van der Waals surface area contributed by atoms with Gasteiger partial charge in [-0.1, -0.05) is 29.8 Å². The molecular weight excluding hydrogens is 360 g/mol. The third kappa shape index (κ3) is 3.74. The predicted molar refractivity (Wildman–Crippen MR) is 103 cm³/mol. The summed E-state index contributed by atoms with van der Waals surface area (Å²) in [6.45, 7) is 5.72. The van der Waals surface area contributed by atoms with E-state index in [0.29, 0.717) is 16.5 Å². The zero-order chi connectivity index (χ0) is 19.8. The van der Waals surface area contributed by atoms with Gasteiger partial charge in [0, 0.05) is 10.9 Å². The number of hydrogen-bond donors (Lipinski definition) is 0. The van der Waals surface area contributed by atoms with Crippen LogP contribution in [0.1, 0.15) is 32.6 Å². The van der Waals surface area contributed by atoms with Crippen LogP contribution in [0.25, 0.3) is 10.9 Å². The van der Waals surface area contributed by atoms with E-state index in [1.165, 1.54) is 6.07 Å². The second-order valence-electron chi connectivity index (χ2n) is 6.63. The van der Waals surface area contributed by atoms with Gasteiger partial charge in [-0.2, -0.15) is 5.26 Å². The zero-order valence-corrected chi connectivity index (χ0v) is 16.1. The first-order valence-corrected chi connectivity index (χ1v) is 10.0. The zero-order valence-electron chi connectivity index (χ0n) is 15.3. The number of sulfone groups is 1. The highest BCUT2D eigenvalue weighted by atomic mass is 32.2. The third-order valence-corrected chi connectivity index (χ3v) is 6.05. The van der Waals surface area contributed by atoms with Crippen molar-refractivity contribution < 1.29 is 13.2 Å². The van der Waals surface area contributed by atoms with E-state index in [1.807, 2.05) is 32.9 Å². The highest BCUT2D eigenvalue weighted by Crippen LogP contribution is 2.24. The van der Waals surface area contributed by atoms with Crippen molar-refractivity contribution in [3.8, 4) is 6.07 Å². The Morgan fingerprint density at radius 1 is 1.04 bits per heavy atom. The molecule has 0 spiro atoms. The van der Waals surface area contributed by atoms with Crippen molar-refractivity contribution >= 4 is 26.5 Å². The topological polar surface area (TPSA) is 87.9 Å². The molecule has 0 amide bonds. The van der Waals surface area contributed by atoms with Gasteiger partial charge < -0.3 is 0 Å². The molecule has 1 heterocycles. The van der Waals surface area contributed by atoms with Gasteiger partial charge in [0.25, 0.3) is 0 Å². The molecule has 27 heavy (non-hydrogen) atoms. The third-order valence-electron chi connectivity index (χ3n) is 4.50. The Bertz CT molecular complexity index is 1200. The van der Waals surface area contributed by atoms with Crippen molar-refractivity contribution in [2.45, 2.75) is 25.8 Å². The maximum atomic E-state index is 12.8. The maximum absolute atomic E-state index is 12.8. The number of hydrogen-bond acceptors (Lipinski definition) is 5. The smallest absolute Gasteiger partial charge is 0.204 e. The number of benzene rings is 2. The predicted octanol–water partition coefficient (Wildman–Crippen LogP) is 3.69. The molecule has 0 aliphatic carbocycles. The van der Waals surface area contributed by atoms with E-state index in [9.17, 15) is 18.5 Å². The molecule has 0 radical (unpaired) electrons. The molecule has 0 saturated heterocycles. The van der Waals surface area contributed by atoms with Crippen LogP contribution in [0.15, 0.2) is 47.5 Å². The van der Waals surface area contributed by atoms with Crippen LogP contribution in [0.5, 0.6) is 0 Å². The maximum Gasteiger partial charge on any atom is 0.204 e. The lowest BCUT2D eigenvalue weighted by molar-refractivity contribution is 0.102. The van der Waals surface area contributed by atoms with E-state index < -0.39 is 21.4 Å². The number of rotatable bonds is 4. The lowest BCUT2D eigenvalue weighted by Gasteiger charge is -2.09. The van der Waals surface area contributed by atoms with Gasteiger partial charge in [0.05, 0.1) is 11.1 Å². The molecule has 3 rings (SSSR count). The van der Waals surface area contributed by atoms with Crippen LogP contribution in [0.2, 0.25) is 0 Å². The summed E-state index contributed by atoms with van der Waals surface area (Å²) in [6, 6.07) is 13.8. The van der Waals surface area contributed by atoms with E-state index in [1.54, 1.807) is 30.3 Å². The number of ketones is 1. The molecular formula is C21H18N2O3S. The van der Waals surface area contributed by atoms with Gasteiger partial charge in [0.1, 0.15) is 11.8 Å². The van der Waals surface area contributed by atoms with Crippen LogP contribution in [0, 0.1) is 32.1 Å². The van der Waals surface area contributed by atoms with Crippen molar-refractivity contribution in [2.75, 3.05) is 5.75 Å². The molecule has 3 aromatic rings. The van der Waals surface area contributed by atoms with Gasteiger partial charge in [0.2, 0.25) is 9.84 Å². The van der Waals surface area contributed by atoms with Gasteiger partial charge >= 0.3 is 0 Å². The van der Waals surface area contributed by atoms with Crippen LogP contribution in [0.3, 0.4) is 0 Å². The summed E-state index contributed by atoms with van der Waals surface area (Å²) in [4.78, 5) is 16.6. The Morgan fingerprint density at radius 2 is 1.67 bits per heavy atom. The van der Waals surface area contributed by atoms with E-state index in [2.05, 4.69) is 4.98 Å². The Balaban J connectivity index is 2.06. The molecule has 0 bridgehead atoms. The number of aryl methyl sites for hydroxylation is 3. The van der Waals surface area contributed by atoms with Crippen LogP contribution >= 0.6 is 0 Å². The normalized spacial score (nSPS) is 11.3. The molecule has 1 aromatic heterocycles. The SMILES string of the molecule is Cc1ccc(C(=O)CS(=O)(=O)c2nc3cc(C)c(C)cc3cc2C#N)cc1. The summed E-state index contributed by atoms with van der Waals surface area (Å²) >= 11 is 0. The quantitative estimate of drug-likeness (QED) is 0.646. The molecule has 0 aliphatic heterocycles. The summed E-state index contributed by atoms with van der Waals surface area (Å²) in [5, 5.41) is 9.75. The first kappa shape index (κ1) is 18.7. The number of aromatic nitrogens is 1. The molecule has 0 saturated carbocycles. The Labute approximate surface area is 158 Å². The lowest BCUT2D eigenvalue weighted by Crippen LogP contribution is -2.18. The minimum atomic E-state index is -4.06. The fourth-order valence-corrected chi connectivity index (χ4v) is 4.13. The molecule has 0 unspecified atom stereocenters. The van der Waals surface area contributed by atoms with Crippen molar-refractivity contribution in [3.63, 3.8) is 0 Å². The Hall–Kier alpha value is -3.04. The number of nitriles is 1. The van der Waals surface area contributed by atoms with Crippen LogP contribution in [-0.2, 0) is 9.84 Å². The molecule has 6 heteroatoms. The minimum Gasteiger partial charge on any atom is -0.293 e. The Kier molecular flexibility index (Phi) is 4.81. The van der Waals surface area contributed by atoms with Crippen LogP contribution in [0.4, 0.5) is 0 Å². The molecule has 0 N–H and O–H groups in total. The highest BCUT2D eigenvalue weighted by molar-refractivity contribution is 7.92. The van der Waals surface area contributed by atoms with Crippen molar-refractivity contribution in [2.24, 2.45) is 0 Å². The van der Waals surface area contributed by atoms with Crippen molar-refractivity contribution in [1.29, 1.82) is 5.26 Å². The first-order valence-electron chi connectivity index (χ1n) is 8.36. The Morgan fingerprint density at radius 3 is 2.30 bits per heavy atom. The fourth-order valence-electron chi connectivity index (χ4n) is 2.80. The number of carbonyl (C=O) groups is 1. The van der Waals surface area contributed by atoms with Gasteiger partial charge in [-0.25, -0.2) is 13.4 Å². The van der Waals surface area contributed by atoms with E-state index in [0.717, 1.165) is 16.7 Å². The van der Waals surface area contributed by atoms with Crippen molar-refractivity contribution in [3.05, 3.63) is 70.3 Å². The largest absolute Gasteiger partial charge is 0.293 e. The van der Waals surface area contributed by atoms with Crippen LogP contribution in [-0.4, -0.2) is 24.9 Å². The standard InChI is InChI=1S/C21H18N2O3S/c1-13-4-6-16(7-5-13)20(24)12-27(25,26)21-18(11-22)10-17-8-14(2)15(3)9-19(17)23-21/h4-10H,12H2,1-3H3. The first-order chi connectivity index (χ1) is 12.7. The average molecular weight is 378 g/mol. The fraction of sp³-hybridized carbons (Fsp3) is 0.190. The van der Waals surface area contributed by atoms with Gasteiger partial charge in [-0.3, -0.25) is 4.79 Å². The molecule has 0 aliphatic rings. The number of nitrogens with zero attached hydrogens (tertiary/aromatic N) is 2. The molecule has 2 aromatic carbocycles. The van der Waals surface area contributed by atoms with Gasteiger partial charge in [-0.15, -0.1) is 0 Å². The van der Waals surface area contributed by atoms with E-state index >= 15 is 0 Å². The monoisotopic (exact) mass is 378 g/mol. The summed E-state index contributed by atoms with van der Waals surface area (Å²) in [7, 11) is -4.06. The molecule has 136 valence electrons. The number of pyridine rings is 1. The van der Waals surface area contributed by atoms with Gasteiger partial charge in [0.15, 0.2) is 10.8 Å². The van der Waals surface area contributed by atoms with E-state index in [-0.39, 0.29) is 10.6 Å². The summed E-state index contributed by atoms with van der Waals surface area (Å²) in [6.07, 6.45) is 0. The average Bonchev–Trinajstić information content (AvgIpc) is 2.62. The van der Waals surface area contributed by atoms with Crippen LogP contribution < -0.4 is 0 Å². The highest BCUT2D eigenvalue weighted by Gasteiger charge is 2.26. The second-order valence-corrected chi connectivity index (χ2v) is 8.54. The minimum absolute atomic E-state index is 0.0533. The van der Waals surface area contributed by atoms with Gasteiger partial charge in [-0.05, 0) is 50.1 Å². The summed E-state index contributed by atoms with van der Waals surface area (Å²) in [5.74, 6) is -1.26. The lowest BCUT2D eigenvalue weighted by atomic mass is 10.1. The molecule has 0 fully saturated rings.